The predicted molar refractivity (Wildman–Crippen MR) is 130 cm³/mol. The number of amides is 1. The first-order valence-electron chi connectivity index (χ1n) is 10.9. The zero-order valence-electron chi connectivity index (χ0n) is 18.5. The van der Waals surface area contributed by atoms with E-state index in [9.17, 15) is 14.4 Å². The lowest BCUT2D eigenvalue weighted by Crippen LogP contribution is -2.27. The Labute approximate surface area is 191 Å². The number of ketones is 1. The molecule has 0 saturated heterocycles. The molecule has 33 heavy (non-hydrogen) atoms. The van der Waals surface area contributed by atoms with Crippen LogP contribution in [0, 0.1) is 0 Å². The molecule has 0 radical (unpaired) electrons. The van der Waals surface area contributed by atoms with Gasteiger partial charge in [0.1, 0.15) is 5.69 Å². The van der Waals surface area contributed by atoms with Gasteiger partial charge in [0.25, 0.3) is 5.56 Å². The van der Waals surface area contributed by atoms with Crippen LogP contribution in [0.25, 0.3) is 11.0 Å². The van der Waals surface area contributed by atoms with E-state index >= 15 is 0 Å². The van der Waals surface area contributed by atoms with Gasteiger partial charge in [-0.1, -0.05) is 42.5 Å². The highest BCUT2D eigenvalue weighted by Crippen LogP contribution is 2.14. The Hall–Kier alpha value is -4.06. The number of benzene rings is 3. The van der Waals surface area contributed by atoms with Crippen LogP contribution in [0.15, 0.2) is 83.7 Å². The molecule has 6 heteroatoms. The highest BCUT2D eigenvalue weighted by Gasteiger charge is 2.13. The molecule has 0 aliphatic heterocycles. The zero-order chi connectivity index (χ0) is 23.2. The minimum atomic E-state index is -0.212. The van der Waals surface area contributed by atoms with Crippen LogP contribution in [-0.2, 0) is 24.2 Å². The number of aryl methyl sites for hydroxylation is 3. The van der Waals surface area contributed by atoms with Crippen molar-refractivity contribution >= 4 is 28.4 Å². The zero-order valence-corrected chi connectivity index (χ0v) is 18.5. The summed E-state index contributed by atoms with van der Waals surface area (Å²) in [6.07, 6.45) is 1.10. The standard InChI is InChI=1S/C27H25N3O3/c1-19(31)21-11-13-22(14-12-21)28-26(32)16-15-24-27(33)30(18-17-20-7-3-2-4-8-20)25-10-6-5-9-23(25)29-24/h2-14H,15-18H2,1H3,(H,28,32). The summed E-state index contributed by atoms with van der Waals surface area (Å²) in [5.41, 5.74) is 4.09. The highest BCUT2D eigenvalue weighted by molar-refractivity contribution is 5.95. The number of carbonyl (C=O) groups excluding carboxylic acids is 2. The number of Topliss-reactive ketones (excluding diaryl/α,β-unsaturated/α-hetero) is 1. The molecule has 1 heterocycles. The van der Waals surface area contributed by atoms with Gasteiger partial charge in [0.2, 0.25) is 5.91 Å². The van der Waals surface area contributed by atoms with Gasteiger partial charge < -0.3 is 9.88 Å². The van der Waals surface area contributed by atoms with E-state index < -0.39 is 0 Å². The molecular formula is C27H25N3O3. The lowest BCUT2D eigenvalue weighted by Gasteiger charge is -2.12. The van der Waals surface area contributed by atoms with Crippen molar-refractivity contribution in [2.75, 3.05) is 5.32 Å². The second kappa shape index (κ2) is 10.0. The van der Waals surface area contributed by atoms with Crippen LogP contribution < -0.4 is 10.9 Å². The molecule has 0 bridgehead atoms. The number of para-hydroxylation sites is 2. The van der Waals surface area contributed by atoms with Crippen molar-refractivity contribution in [1.82, 2.24) is 9.55 Å². The van der Waals surface area contributed by atoms with Gasteiger partial charge in [0.05, 0.1) is 11.0 Å². The van der Waals surface area contributed by atoms with Crippen LogP contribution in [0.1, 0.15) is 35.0 Å². The molecule has 4 aromatic rings. The van der Waals surface area contributed by atoms with Crippen molar-refractivity contribution < 1.29 is 9.59 Å². The van der Waals surface area contributed by atoms with E-state index in [1.54, 1.807) is 28.8 Å². The number of hydrogen-bond acceptors (Lipinski definition) is 4. The van der Waals surface area contributed by atoms with Gasteiger partial charge in [0.15, 0.2) is 5.78 Å². The number of nitrogens with one attached hydrogen (secondary N) is 1. The number of aromatic nitrogens is 2. The van der Waals surface area contributed by atoms with Gasteiger partial charge in [-0.05, 0) is 55.3 Å². The van der Waals surface area contributed by atoms with Crippen molar-refractivity contribution in [2.24, 2.45) is 0 Å². The summed E-state index contributed by atoms with van der Waals surface area (Å²) in [6, 6.07) is 24.3. The Morgan fingerprint density at radius 3 is 2.30 bits per heavy atom. The number of nitrogens with zero attached hydrogens (tertiary/aromatic N) is 2. The minimum absolute atomic E-state index is 0.0289. The van der Waals surface area contributed by atoms with Crippen molar-refractivity contribution in [1.29, 1.82) is 0 Å². The van der Waals surface area contributed by atoms with E-state index in [1.165, 1.54) is 6.92 Å². The predicted octanol–water partition coefficient (Wildman–Crippen LogP) is 4.41. The van der Waals surface area contributed by atoms with E-state index in [0.29, 0.717) is 23.5 Å². The summed E-state index contributed by atoms with van der Waals surface area (Å²) in [5.74, 6) is -0.241. The molecule has 1 amide bonds. The first kappa shape index (κ1) is 22.1. The normalized spacial score (nSPS) is 10.8. The molecular weight excluding hydrogens is 414 g/mol. The van der Waals surface area contributed by atoms with Gasteiger partial charge in [-0.15, -0.1) is 0 Å². The van der Waals surface area contributed by atoms with E-state index in [0.717, 1.165) is 23.0 Å². The maximum atomic E-state index is 13.2. The number of rotatable bonds is 8. The van der Waals surface area contributed by atoms with Gasteiger partial charge in [-0.25, -0.2) is 4.98 Å². The van der Waals surface area contributed by atoms with E-state index in [2.05, 4.69) is 10.3 Å². The average Bonchev–Trinajstić information content (AvgIpc) is 2.83. The average molecular weight is 440 g/mol. The summed E-state index contributed by atoms with van der Waals surface area (Å²) < 4.78 is 1.75. The molecule has 166 valence electrons. The van der Waals surface area contributed by atoms with Gasteiger partial charge >= 0.3 is 0 Å². The van der Waals surface area contributed by atoms with Crippen molar-refractivity contribution in [3.05, 3.63) is 106 Å². The second-order valence-electron chi connectivity index (χ2n) is 7.92. The van der Waals surface area contributed by atoms with E-state index in [4.69, 9.17) is 0 Å². The fraction of sp³-hybridized carbons (Fsp3) is 0.185. The Morgan fingerprint density at radius 2 is 1.58 bits per heavy atom. The SMILES string of the molecule is CC(=O)c1ccc(NC(=O)CCc2nc3ccccc3n(CCc3ccccc3)c2=O)cc1. The number of anilines is 1. The number of fused-ring (bicyclic) bond motifs is 1. The molecule has 0 aliphatic rings. The van der Waals surface area contributed by atoms with Crippen LogP contribution >= 0.6 is 0 Å². The molecule has 0 atom stereocenters. The van der Waals surface area contributed by atoms with Crippen molar-refractivity contribution in [2.45, 2.75) is 32.7 Å². The summed E-state index contributed by atoms with van der Waals surface area (Å²) in [5, 5.41) is 2.81. The quantitative estimate of drug-likeness (QED) is 0.412. The molecule has 3 aromatic carbocycles. The number of carbonyl (C=O) groups is 2. The fourth-order valence-corrected chi connectivity index (χ4v) is 3.76. The third kappa shape index (κ3) is 5.41. The molecule has 1 aromatic heterocycles. The van der Waals surface area contributed by atoms with Gasteiger partial charge in [0, 0.05) is 30.6 Å². The Balaban J connectivity index is 1.50. The lowest BCUT2D eigenvalue weighted by atomic mass is 10.1. The maximum absolute atomic E-state index is 13.2. The molecule has 4 rings (SSSR count). The van der Waals surface area contributed by atoms with Crippen LogP contribution in [0.5, 0.6) is 0 Å². The second-order valence-corrected chi connectivity index (χ2v) is 7.92. The highest BCUT2D eigenvalue weighted by atomic mass is 16.2. The Morgan fingerprint density at radius 1 is 0.879 bits per heavy atom. The Kier molecular flexibility index (Phi) is 6.74. The fourth-order valence-electron chi connectivity index (χ4n) is 3.76. The monoisotopic (exact) mass is 439 g/mol. The molecule has 0 saturated carbocycles. The third-order valence-corrected chi connectivity index (χ3v) is 5.55. The first-order valence-corrected chi connectivity index (χ1v) is 10.9. The number of hydrogen-bond donors (Lipinski definition) is 1. The van der Waals surface area contributed by atoms with E-state index in [1.807, 2.05) is 54.6 Å². The van der Waals surface area contributed by atoms with Crippen molar-refractivity contribution in [3.63, 3.8) is 0 Å². The topological polar surface area (TPSA) is 81.1 Å². The summed E-state index contributed by atoms with van der Waals surface area (Å²) in [4.78, 5) is 41.6. The summed E-state index contributed by atoms with van der Waals surface area (Å²) in [7, 11) is 0. The molecule has 0 fully saturated rings. The van der Waals surface area contributed by atoms with Crippen molar-refractivity contribution in [3.8, 4) is 0 Å². The van der Waals surface area contributed by atoms with Crippen LogP contribution in [0.2, 0.25) is 0 Å². The molecule has 0 unspecified atom stereocenters. The van der Waals surface area contributed by atoms with Crippen LogP contribution in [-0.4, -0.2) is 21.2 Å². The third-order valence-electron chi connectivity index (χ3n) is 5.55. The lowest BCUT2D eigenvalue weighted by molar-refractivity contribution is -0.116. The molecule has 6 nitrogen and oxygen atoms in total. The smallest absolute Gasteiger partial charge is 0.272 e. The van der Waals surface area contributed by atoms with Crippen LogP contribution in [0.4, 0.5) is 5.69 Å². The molecule has 0 spiro atoms. The van der Waals surface area contributed by atoms with Gasteiger partial charge in [-0.2, -0.15) is 0 Å². The minimum Gasteiger partial charge on any atom is -0.326 e. The maximum Gasteiger partial charge on any atom is 0.272 e. The first-order chi connectivity index (χ1) is 16.0. The Bertz CT molecular complexity index is 1340. The van der Waals surface area contributed by atoms with Gasteiger partial charge in [-0.3, -0.25) is 14.4 Å². The molecule has 1 N–H and O–H groups in total. The largest absolute Gasteiger partial charge is 0.326 e. The molecule has 0 aliphatic carbocycles. The summed E-state index contributed by atoms with van der Waals surface area (Å²) in [6.45, 7) is 2.03. The summed E-state index contributed by atoms with van der Waals surface area (Å²) >= 11 is 0. The van der Waals surface area contributed by atoms with E-state index in [-0.39, 0.29) is 30.1 Å². The van der Waals surface area contributed by atoms with Crippen LogP contribution in [0.3, 0.4) is 0 Å².